The average Bonchev–Trinajstić information content (AvgIpc) is 3.47. The van der Waals surface area contributed by atoms with Crippen molar-refractivity contribution in [2.45, 2.75) is 50.5 Å². The number of amides is 3. The number of pyridine rings is 1. The first-order chi connectivity index (χ1) is 19.7. The SMILES string of the molecule is Cc1nonc1C(=O)N1CC2(C1)C(=O)N(CC1CCC(NC(=O)c3cc(Cl)cnc3C(F)F)CC1)c1ccccc12. The Hall–Kier alpha value is -3.93. The largest absolute Gasteiger partial charge is 0.349 e. The minimum atomic E-state index is -2.89. The highest BCUT2D eigenvalue weighted by atomic mass is 35.5. The Labute approximate surface area is 239 Å². The predicted molar refractivity (Wildman–Crippen MR) is 143 cm³/mol. The van der Waals surface area contributed by atoms with E-state index in [1.165, 1.54) is 6.07 Å². The summed E-state index contributed by atoms with van der Waals surface area (Å²) in [5, 5.41) is 10.3. The second-order valence-electron chi connectivity index (χ2n) is 11.0. The van der Waals surface area contributed by atoms with E-state index in [2.05, 4.69) is 25.2 Å². The Balaban J connectivity index is 1.09. The van der Waals surface area contributed by atoms with Crippen LogP contribution in [0.1, 0.15) is 69.9 Å². The predicted octanol–water partition coefficient (Wildman–Crippen LogP) is 4.09. The van der Waals surface area contributed by atoms with Crippen LogP contribution in [0.15, 0.2) is 41.2 Å². The van der Waals surface area contributed by atoms with Crippen LogP contribution >= 0.6 is 11.6 Å². The molecule has 41 heavy (non-hydrogen) atoms. The highest BCUT2D eigenvalue weighted by Gasteiger charge is 2.59. The van der Waals surface area contributed by atoms with E-state index in [1.807, 2.05) is 29.2 Å². The first-order valence-electron chi connectivity index (χ1n) is 13.4. The van der Waals surface area contributed by atoms with Gasteiger partial charge in [-0.1, -0.05) is 35.0 Å². The number of carbonyl (C=O) groups is 3. The van der Waals surface area contributed by atoms with Gasteiger partial charge < -0.3 is 15.1 Å². The molecule has 1 aliphatic carbocycles. The highest BCUT2D eigenvalue weighted by Crippen LogP contribution is 2.48. The molecule has 6 rings (SSSR count). The number of aromatic nitrogens is 3. The number of aryl methyl sites for hydroxylation is 1. The molecule has 3 aromatic rings. The van der Waals surface area contributed by atoms with Crippen LogP contribution < -0.4 is 10.2 Å². The minimum absolute atomic E-state index is 0.0267. The van der Waals surface area contributed by atoms with Gasteiger partial charge in [0, 0.05) is 37.6 Å². The van der Waals surface area contributed by atoms with Crippen LogP contribution in [0, 0.1) is 12.8 Å². The van der Waals surface area contributed by atoms with Crippen molar-refractivity contribution in [1.82, 2.24) is 25.5 Å². The lowest BCUT2D eigenvalue weighted by Crippen LogP contribution is -2.65. The van der Waals surface area contributed by atoms with E-state index >= 15 is 0 Å². The van der Waals surface area contributed by atoms with Crippen LogP contribution in [0.2, 0.25) is 5.02 Å². The number of anilines is 1. The maximum atomic E-state index is 13.8. The fourth-order valence-corrected chi connectivity index (χ4v) is 6.38. The third kappa shape index (κ3) is 4.73. The number of hydrogen-bond donors (Lipinski definition) is 1. The summed E-state index contributed by atoms with van der Waals surface area (Å²) in [5.41, 5.74) is 0.711. The van der Waals surface area contributed by atoms with Gasteiger partial charge in [-0.2, -0.15) is 0 Å². The van der Waals surface area contributed by atoms with Crippen LogP contribution in [-0.4, -0.2) is 63.6 Å². The standard InChI is InChI=1S/C28H27ClF2N6O4/c1-15-22(35-41-34-15)26(39)36-13-28(14-36)20-4-2-3-5-21(20)37(27(28)40)12-16-6-8-18(9-7-16)33-25(38)19-10-17(29)11-32-23(19)24(30)31/h2-5,10-11,16,18,24H,6-9,12-14H2,1H3,(H,33,38). The van der Waals surface area contributed by atoms with Crippen LogP contribution in [0.3, 0.4) is 0 Å². The van der Waals surface area contributed by atoms with Gasteiger partial charge in [-0.15, -0.1) is 0 Å². The van der Waals surface area contributed by atoms with E-state index in [4.69, 9.17) is 11.6 Å². The van der Waals surface area contributed by atoms with Crippen molar-refractivity contribution in [2.24, 2.45) is 5.92 Å². The Morgan fingerprint density at radius 1 is 1.17 bits per heavy atom. The number of benzene rings is 1. The van der Waals surface area contributed by atoms with Gasteiger partial charge in [0.1, 0.15) is 16.8 Å². The third-order valence-corrected chi connectivity index (χ3v) is 8.59. The van der Waals surface area contributed by atoms with Gasteiger partial charge in [-0.3, -0.25) is 19.4 Å². The Morgan fingerprint density at radius 3 is 2.59 bits per heavy atom. The minimum Gasteiger partial charge on any atom is -0.349 e. The van der Waals surface area contributed by atoms with Crippen LogP contribution in [0.5, 0.6) is 0 Å². The van der Waals surface area contributed by atoms with E-state index < -0.39 is 23.4 Å². The van der Waals surface area contributed by atoms with Gasteiger partial charge in [0.2, 0.25) is 5.91 Å². The zero-order valence-electron chi connectivity index (χ0n) is 22.1. The van der Waals surface area contributed by atoms with Crippen LogP contribution in [0.25, 0.3) is 0 Å². The molecule has 1 aromatic carbocycles. The topological polar surface area (TPSA) is 122 Å². The summed E-state index contributed by atoms with van der Waals surface area (Å²) in [6, 6.07) is 8.71. The quantitative estimate of drug-likeness (QED) is 0.463. The van der Waals surface area contributed by atoms with Gasteiger partial charge in [0.15, 0.2) is 5.69 Å². The monoisotopic (exact) mass is 584 g/mol. The molecule has 1 saturated carbocycles. The van der Waals surface area contributed by atoms with Crippen LogP contribution in [0.4, 0.5) is 14.5 Å². The zero-order chi connectivity index (χ0) is 28.9. The number of fused-ring (bicyclic) bond motifs is 2. The van der Waals surface area contributed by atoms with Crippen LogP contribution in [-0.2, 0) is 10.2 Å². The molecule has 0 radical (unpaired) electrons. The van der Waals surface area contributed by atoms with Crippen molar-refractivity contribution in [2.75, 3.05) is 24.5 Å². The van der Waals surface area contributed by atoms with E-state index in [0.29, 0.717) is 25.1 Å². The van der Waals surface area contributed by atoms with E-state index in [0.717, 1.165) is 30.3 Å². The van der Waals surface area contributed by atoms with E-state index in [-0.39, 0.29) is 53.1 Å². The molecule has 0 unspecified atom stereocenters. The summed E-state index contributed by atoms with van der Waals surface area (Å²) < 4.78 is 31.4. The maximum absolute atomic E-state index is 13.8. The summed E-state index contributed by atoms with van der Waals surface area (Å²) in [4.78, 5) is 46.6. The number of nitrogens with one attached hydrogen (secondary N) is 1. The molecular weight excluding hydrogens is 558 g/mol. The molecule has 0 bridgehead atoms. The molecule has 3 amide bonds. The van der Waals surface area contributed by atoms with Crippen molar-refractivity contribution < 1.29 is 27.8 Å². The van der Waals surface area contributed by atoms with Crippen molar-refractivity contribution in [1.29, 1.82) is 0 Å². The third-order valence-electron chi connectivity index (χ3n) is 8.39. The molecule has 2 aromatic heterocycles. The molecule has 3 aliphatic rings. The number of para-hydroxylation sites is 1. The first kappa shape index (κ1) is 27.3. The molecule has 2 fully saturated rings. The number of carbonyl (C=O) groups excluding carboxylic acids is 3. The lowest BCUT2D eigenvalue weighted by molar-refractivity contribution is -0.128. The number of likely N-dealkylation sites (tertiary alicyclic amines) is 1. The molecule has 0 atom stereocenters. The number of rotatable bonds is 6. The second kappa shape index (κ2) is 10.5. The average molecular weight is 585 g/mol. The molecule has 13 heteroatoms. The van der Waals surface area contributed by atoms with Crippen molar-refractivity contribution >= 4 is 35.0 Å². The Bertz CT molecular complexity index is 1520. The lowest BCUT2D eigenvalue weighted by Gasteiger charge is -2.46. The van der Waals surface area contributed by atoms with Gasteiger partial charge >= 0.3 is 0 Å². The Morgan fingerprint density at radius 2 is 1.90 bits per heavy atom. The molecule has 4 heterocycles. The smallest absolute Gasteiger partial charge is 0.281 e. The first-order valence-corrected chi connectivity index (χ1v) is 13.8. The molecule has 1 saturated heterocycles. The molecule has 10 nitrogen and oxygen atoms in total. The van der Waals surface area contributed by atoms with Gasteiger partial charge in [-0.25, -0.2) is 13.4 Å². The van der Waals surface area contributed by atoms with E-state index in [9.17, 15) is 23.2 Å². The summed E-state index contributed by atoms with van der Waals surface area (Å²) in [5.74, 6) is -0.764. The van der Waals surface area contributed by atoms with Gasteiger partial charge in [0.25, 0.3) is 18.2 Å². The number of hydrogen-bond acceptors (Lipinski definition) is 7. The number of halogens is 3. The molecular formula is C28H27ClF2N6O4. The van der Waals surface area contributed by atoms with Gasteiger partial charge in [-0.05, 0) is 61.4 Å². The molecule has 1 spiro atoms. The second-order valence-corrected chi connectivity index (χ2v) is 11.4. The van der Waals surface area contributed by atoms with Crippen molar-refractivity contribution in [3.8, 4) is 0 Å². The zero-order valence-corrected chi connectivity index (χ0v) is 22.9. The maximum Gasteiger partial charge on any atom is 0.281 e. The lowest BCUT2D eigenvalue weighted by atomic mass is 9.74. The summed E-state index contributed by atoms with van der Waals surface area (Å²) >= 11 is 5.90. The highest BCUT2D eigenvalue weighted by molar-refractivity contribution is 6.30. The van der Waals surface area contributed by atoms with Crippen molar-refractivity contribution in [3.63, 3.8) is 0 Å². The summed E-state index contributed by atoms with van der Waals surface area (Å²) in [6.07, 6.45) is 1.01. The number of nitrogens with zero attached hydrogens (tertiary/aromatic N) is 5. The fourth-order valence-electron chi connectivity index (χ4n) is 6.22. The number of alkyl halides is 2. The summed E-state index contributed by atoms with van der Waals surface area (Å²) in [7, 11) is 0. The summed E-state index contributed by atoms with van der Waals surface area (Å²) in [6.45, 7) is 2.67. The normalized spacial score (nSPS) is 21.2. The Kier molecular flexibility index (Phi) is 6.96. The van der Waals surface area contributed by atoms with E-state index in [1.54, 1.807) is 11.8 Å². The molecule has 1 N–H and O–H groups in total. The molecule has 2 aliphatic heterocycles. The fraction of sp³-hybridized carbons (Fsp3) is 0.429. The van der Waals surface area contributed by atoms with Gasteiger partial charge in [0.05, 0.1) is 10.6 Å². The molecule has 214 valence electrons. The van der Waals surface area contributed by atoms with Crippen molar-refractivity contribution in [3.05, 3.63) is 69.8 Å².